The number of thiazole rings is 1. The van der Waals surface area contributed by atoms with Gasteiger partial charge in [-0.1, -0.05) is 39.0 Å². The molecule has 0 bridgehead atoms. The van der Waals surface area contributed by atoms with Gasteiger partial charge in [-0.25, -0.2) is 4.98 Å². The van der Waals surface area contributed by atoms with E-state index in [0.29, 0.717) is 13.2 Å². The van der Waals surface area contributed by atoms with Crippen LogP contribution in [0.3, 0.4) is 0 Å². The number of nitrogens with zero attached hydrogens (tertiary/aromatic N) is 2. The average molecular weight is 488 g/mol. The standard InChI is InChI=1S/C19H28N4OS.HI/c1-19(2,3)16-14-25-17(23-16)10-11-21-18(20-4)22-12-13-24-15-8-6-5-7-9-15;/h5-9,14H,10-13H2,1-4H3,(H2,20,21,22);1H. The second-order valence-electron chi connectivity index (χ2n) is 6.71. The Kier molecular flexibility index (Phi) is 9.93. The number of hydrogen-bond donors (Lipinski definition) is 2. The third-order valence-electron chi connectivity index (χ3n) is 3.58. The molecule has 0 aliphatic heterocycles. The number of para-hydroxylation sites is 1. The summed E-state index contributed by atoms with van der Waals surface area (Å²) in [5.74, 6) is 1.66. The van der Waals surface area contributed by atoms with E-state index in [4.69, 9.17) is 9.72 Å². The maximum absolute atomic E-state index is 5.66. The largest absolute Gasteiger partial charge is 0.492 e. The molecule has 26 heavy (non-hydrogen) atoms. The van der Waals surface area contributed by atoms with Crippen LogP contribution < -0.4 is 15.4 Å². The highest BCUT2D eigenvalue weighted by Crippen LogP contribution is 2.23. The molecule has 0 aliphatic rings. The molecule has 7 heteroatoms. The Morgan fingerprint density at radius 2 is 1.85 bits per heavy atom. The molecule has 2 N–H and O–H groups in total. The molecule has 2 rings (SSSR count). The average Bonchev–Trinajstić information content (AvgIpc) is 3.07. The first-order chi connectivity index (χ1) is 12.0. The van der Waals surface area contributed by atoms with Crippen LogP contribution in [-0.4, -0.2) is 37.7 Å². The summed E-state index contributed by atoms with van der Waals surface area (Å²) in [5, 5.41) is 9.88. The molecule has 0 saturated heterocycles. The van der Waals surface area contributed by atoms with Gasteiger partial charge in [-0.2, -0.15) is 0 Å². The normalized spacial score (nSPS) is 11.6. The molecule has 1 aromatic heterocycles. The van der Waals surface area contributed by atoms with Crippen LogP contribution in [0, 0.1) is 0 Å². The molecule has 0 fully saturated rings. The van der Waals surface area contributed by atoms with E-state index in [1.54, 1.807) is 18.4 Å². The van der Waals surface area contributed by atoms with Crippen molar-refractivity contribution in [3.8, 4) is 5.75 Å². The fourth-order valence-electron chi connectivity index (χ4n) is 2.13. The predicted molar refractivity (Wildman–Crippen MR) is 121 cm³/mol. The summed E-state index contributed by atoms with van der Waals surface area (Å²) in [5.41, 5.74) is 1.27. The zero-order valence-corrected chi connectivity index (χ0v) is 19.1. The maximum Gasteiger partial charge on any atom is 0.191 e. The van der Waals surface area contributed by atoms with Gasteiger partial charge < -0.3 is 15.4 Å². The van der Waals surface area contributed by atoms with Crippen molar-refractivity contribution in [1.29, 1.82) is 0 Å². The summed E-state index contributed by atoms with van der Waals surface area (Å²) in [7, 11) is 1.77. The minimum absolute atomic E-state index is 0. The van der Waals surface area contributed by atoms with Crippen LogP contribution in [0.5, 0.6) is 5.75 Å². The molecule has 2 aromatic rings. The third kappa shape index (κ3) is 7.90. The monoisotopic (exact) mass is 488 g/mol. The Morgan fingerprint density at radius 3 is 2.46 bits per heavy atom. The lowest BCUT2D eigenvalue weighted by Gasteiger charge is -2.14. The van der Waals surface area contributed by atoms with E-state index < -0.39 is 0 Å². The Balaban J connectivity index is 0.00000338. The Morgan fingerprint density at radius 1 is 1.15 bits per heavy atom. The van der Waals surface area contributed by atoms with Gasteiger partial charge in [0, 0.05) is 30.8 Å². The molecule has 0 aliphatic carbocycles. The van der Waals surface area contributed by atoms with E-state index in [-0.39, 0.29) is 29.4 Å². The molecular formula is C19H29IN4OS. The third-order valence-corrected chi connectivity index (χ3v) is 4.49. The highest BCUT2D eigenvalue weighted by molar-refractivity contribution is 14.0. The van der Waals surface area contributed by atoms with Crippen LogP contribution in [0.15, 0.2) is 40.7 Å². The number of hydrogen-bond acceptors (Lipinski definition) is 4. The number of aromatic nitrogens is 1. The lowest BCUT2D eigenvalue weighted by Crippen LogP contribution is -2.40. The predicted octanol–water partition coefficient (Wildman–Crippen LogP) is 3.85. The van der Waals surface area contributed by atoms with E-state index in [9.17, 15) is 0 Å². The lowest BCUT2D eigenvalue weighted by atomic mass is 9.93. The van der Waals surface area contributed by atoms with Gasteiger partial charge in [0.1, 0.15) is 12.4 Å². The molecule has 144 valence electrons. The molecule has 1 heterocycles. The molecule has 5 nitrogen and oxygen atoms in total. The van der Waals surface area contributed by atoms with Gasteiger partial charge in [0.05, 0.1) is 17.2 Å². The van der Waals surface area contributed by atoms with E-state index in [1.165, 1.54) is 0 Å². The summed E-state index contributed by atoms with van der Waals surface area (Å²) >= 11 is 1.72. The fourth-order valence-corrected chi connectivity index (χ4v) is 3.16. The SMILES string of the molecule is CN=C(NCCOc1ccccc1)NCCc1nc(C(C)(C)C)cs1.I. The van der Waals surface area contributed by atoms with Crippen molar-refractivity contribution in [2.45, 2.75) is 32.6 Å². The van der Waals surface area contributed by atoms with Gasteiger partial charge in [-0.05, 0) is 12.1 Å². The topological polar surface area (TPSA) is 58.5 Å². The van der Waals surface area contributed by atoms with Gasteiger partial charge in [0.25, 0.3) is 0 Å². The molecule has 0 radical (unpaired) electrons. The van der Waals surface area contributed by atoms with Crippen LogP contribution in [0.25, 0.3) is 0 Å². The second-order valence-corrected chi connectivity index (χ2v) is 7.66. The van der Waals surface area contributed by atoms with Crippen molar-refractivity contribution in [3.63, 3.8) is 0 Å². The molecule has 0 saturated carbocycles. The molecule has 0 unspecified atom stereocenters. The fraction of sp³-hybridized carbons (Fsp3) is 0.474. The van der Waals surface area contributed by atoms with Crippen LogP contribution in [-0.2, 0) is 11.8 Å². The Labute approximate surface area is 177 Å². The maximum atomic E-state index is 5.66. The summed E-state index contributed by atoms with van der Waals surface area (Å²) in [6, 6.07) is 9.81. The van der Waals surface area contributed by atoms with E-state index >= 15 is 0 Å². The number of aliphatic imine (C=N–C) groups is 1. The first-order valence-electron chi connectivity index (χ1n) is 8.56. The van der Waals surface area contributed by atoms with Gasteiger partial charge >= 0.3 is 0 Å². The number of guanidine groups is 1. The van der Waals surface area contributed by atoms with Gasteiger partial charge in [0.2, 0.25) is 0 Å². The van der Waals surface area contributed by atoms with E-state index in [0.717, 1.165) is 35.4 Å². The summed E-state index contributed by atoms with van der Waals surface area (Å²) < 4.78 is 5.66. The van der Waals surface area contributed by atoms with Crippen molar-refractivity contribution < 1.29 is 4.74 Å². The number of halogens is 1. The summed E-state index contributed by atoms with van der Waals surface area (Å²) in [4.78, 5) is 8.94. The zero-order valence-electron chi connectivity index (χ0n) is 15.9. The molecular weight excluding hydrogens is 459 g/mol. The second kappa shape index (κ2) is 11.4. The van der Waals surface area contributed by atoms with Crippen molar-refractivity contribution in [3.05, 3.63) is 46.4 Å². The van der Waals surface area contributed by atoms with Crippen LogP contribution >= 0.6 is 35.3 Å². The first-order valence-corrected chi connectivity index (χ1v) is 9.44. The molecule has 0 spiro atoms. The summed E-state index contributed by atoms with van der Waals surface area (Å²) in [6.45, 7) is 8.65. The van der Waals surface area contributed by atoms with Gasteiger partial charge in [0.15, 0.2) is 5.96 Å². The van der Waals surface area contributed by atoms with Crippen molar-refractivity contribution in [2.24, 2.45) is 4.99 Å². The number of rotatable bonds is 7. The van der Waals surface area contributed by atoms with Crippen LogP contribution in [0.1, 0.15) is 31.5 Å². The van der Waals surface area contributed by atoms with Crippen molar-refractivity contribution in [1.82, 2.24) is 15.6 Å². The van der Waals surface area contributed by atoms with E-state index in [2.05, 4.69) is 41.8 Å². The number of ether oxygens (including phenoxy) is 1. The quantitative estimate of drug-likeness (QED) is 0.269. The molecule has 1 aromatic carbocycles. The minimum atomic E-state index is 0. The smallest absolute Gasteiger partial charge is 0.191 e. The zero-order chi connectivity index (χ0) is 18.1. The first kappa shape index (κ1) is 22.7. The lowest BCUT2D eigenvalue weighted by molar-refractivity contribution is 0.322. The van der Waals surface area contributed by atoms with Crippen molar-refractivity contribution >= 4 is 41.3 Å². The minimum Gasteiger partial charge on any atom is -0.492 e. The van der Waals surface area contributed by atoms with Gasteiger partial charge in [-0.15, -0.1) is 35.3 Å². The molecule has 0 amide bonds. The number of benzene rings is 1. The van der Waals surface area contributed by atoms with Crippen LogP contribution in [0.4, 0.5) is 0 Å². The Bertz CT molecular complexity index is 668. The Hall–Kier alpha value is -1.35. The number of nitrogens with one attached hydrogen (secondary N) is 2. The highest BCUT2D eigenvalue weighted by Gasteiger charge is 2.17. The van der Waals surface area contributed by atoms with Gasteiger partial charge in [-0.3, -0.25) is 4.99 Å². The molecule has 0 atom stereocenters. The van der Waals surface area contributed by atoms with Crippen molar-refractivity contribution in [2.75, 3.05) is 26.7 Å². The van der Waals surface area contributed by atoms with Crippen LogP contribution in [0.2, 0.25) is 0 Å². The van der Waals surface area contributed by atoms with E-state index in [1.807, 2.05) is 30.3 Å². The summed E-state index contributed by atoms with van der Waals surface area (Å²) in [6.07, 6.45) is 0.891. The highest BCUT2D eigenvalue weighted by atomic mass is 127.